The first kappa shape index (κ1) is 11.5. The average Bonchev–Trinajstić information content (AvgIpc) is 2.05. The maximum absolute atomic E-state index is 11.0. The van der Waals surface area contributed by atoms with Crippen LogP contribution in [0.3, 0.4) is 0 Å². The minimum Gasteiger partial charge on any atom is -0.462 e. The second-order valence-electron chi connectivity index (χ2n) is 2.41. The molecular weight excluding hydrogens is 170 g/mol. The van der Waals surface area contributed by atoms with Gasteiger partial charge in [-0.2, -0.15) is 5.26 Å². The molecule has 0 aromatic heterocycles. The first-order valence-electron chi connectivity index (χ1n) is 3.82. The molecule has 5 heteroatoms. The van der Waals surface area contributed by atoms with Crippen molar-refractivity contribution in [3.8, 4) is 6.07 Å². The van der Waals surface area contributed by atoms with Gasteiger partial charge in [-0.3, -0.25) is 0 Å². The van der Waals surface area contributed by atoms with Crippen molar-refractivity contribution >= 4 is 5.97 Å². The fourth-order valence-electron chi connectivity index (χ4n) is 0.539. The van der Waals surface area contributed by atoms with Crippen LogP contribution in [0.4, 0.5) is 0 Å². The van der Waals surface area contributed by atoms with Gasteiger partial charge in [0.05, 0.1) is 6.61 Å². The Morgan fingerprint density at radius 2 is 2.31 bits per heavy atom. The summed E-state index contributed by atoms with van der Waals surface area (Å²) in [5.41, 5.74) is 2.64. The van der Waals surface area contributed by atoms with Crippen molar-refractivity contribution < 1.29 is 9.53 Å². The Kier molecular flexibility index (Phi) is 5.32. The standard InChI is InChI=1S/C8H13N3O2/c1-4-13-8(12)7(5-9)6-10-11(2)3/h6,10H,4H2,1-3H3/b7-6+. The summed E-state index contributed by atoms with van der Waals surface area (Å²) in [6.07, 6.45) is 1.30. The highest BCUT2D eigenvalue weighted by Gasteiger charge is 2.08. The average molecular weight is 183 g/mol. The highest BCUT2D eigenvalue weighted by atomic mass is 16.5. The zero-order valence-corrected chi connectivity index (χ0v) is 8.00. The normalized spacial score (nSPS) is 10.8. The van der Waals surface area contributed by atoms with Crippen molar-refractivity contribution in [3.05, 3.63) is 11.8 Å². The van der Waals surface area contributed by atoms with Crippen molar-refractivity contribution in [2.75, 3.05) is 20.7 Å². The van der Waals surface area contributed by atoms with E-state index < -0.39 is 5.97 Å². The maximum atomic E-state index is 11.0. The van der Waals surface area contributed by atoms with E-state index in [1.54, 1.807) is 32.1 Å². The van der Waals surface area contributed by atoms with Crippen molar-refractivity contribution in [2.24, 2.45) is 0 Å². The molecule has 0 heterocycles. The second kappa shape index (κ2) is 6.03. The minimum absolute atomic E-state index is 0.0458. The largest absolute Gasteiger partial charge is 0.462 e. The zero-order chi connectivity index (χ0) is 10.3. The van der Waals surface area contributed by atoms with E-state index in [4.69, 9.17) is 5.26 Å². The number of nitrogens with one attached hydrogen (secondary N) is 1. The van der Waals surface area contributed by atoms with E-state index in [1.807, 2.05) is 0 Å². The lowest BCUT2D eigenvalue weighted by molar-refractivity contribution is -0.138. The highest BCUT2D eigenvalue weighted by Crippen LogP contribution is 1.94. The third-order valence-corrected chi connectivity index (χ3v) is 1.08. The van der Waals surface area contributed by atoms with Crippen LogP contribution in [0.1, 0.15) is 6.92 Å². The maximum Gasteiger partial charge on any atom is 0.350 e. The molecule has 0 bridgehead atoms. The van der Waals surface area contributed by atoms with Gasteiger partial charge < -0.3 is 10.2 Å². The van der Waals surface area contributed by atoms with E-state index in [2.05, 4.69) is 10.2 Å². The van der Waals surface area contributed by atoms with Gasteiger partial charge in [0.25, 0.3) is 0 Å². The number of ether oxygens (including phenoxy) is 1. The Hall–Kier alpha value is -1.54. The van der Waals surface area contributed by atoms with E-state index in [0.717, 1.165) is 0 Å². The van der Waals surface area contributed by atoms with Gasteiger partial charge in [0.2, 0.25) is 0 Å². The highest BCUT2D eigenvalue weighted by molar-refractivity contribution is 5.92. The molecule has 0 aliphatic carbocycles. The molecule has 0 amide bonds. The Bertz CT molecular complexity index is 240. The molecule has 5 nitrogen and oxygen atoms in total. The molecule has 0 aliphatic rings. The van der Waals surface area contributed by atoms with Crippen LogP contribution in [0, 0.1) is 11.3 Å². The third kappa shape index (κ3) is 4.82. The van der Waals surface area contributed by atoms with Crippen molar-refractivity contribution in [1.29, 1.82) is 5.26 Å². The van der Waals surface area contributed by atoms with Crippen molar-refractivity contribution in [3.63, 3.8) is 0 Å². The van der Waals surface area contributed by atoms with Gasteiger partial charge in [-0.1, -0.05) is 0 Å². The van der Waals surface area contributed by atoms with Gasteiger partial charge in [-0.25, -0.2) is 9.80 Å². The number of carbonyl (C=O) groups excluding carboxylic acids is 1. The molecule has 72 valence electrons. The predicted octanol–water partition coefficient (Wildman–Crippen LogP) is 0.0232. The van der Waals surface area contributed by atoms with Gasteiger partial charge >= 0.3 is 5.97 Å². The predicted molar refractivity (Wildman–Crippen MR) is 47.2 cm³/mol. The van der Waals surface area contributed by atoms with Crippen LogP contribution >= 0.6 is 0 Å². The van der Waals surface area contributed by atoms with Gasteiger partial charge in [0.15, 0.2) is 5.57 Å². The van der Waals surface area contributed by atoms with E-state index in [1.165, 1.54) is 6.20 Å². The minimum atomic E-state index is -0.612. The fourth-order valence-corrected chi connectivity index (χ4v) is 0.539. The molecule has 0 aliphatic heterocycles. The molecule has 0 rings (SSSR count). The second-order valence-corrected chi connectivity index (χ2v) is 2.41. The molecule has 0 fully saturated rings. The Balaban J connectivity index is 4.26. The van der Waals surface area contributed by atoms with E-state index in [9.17, 15) is 4.79 Å². The summed E-state index contributed by atoms with van der Waals surface area (Å²) in [7, 11) is 3.49. The summed E-state index contributed by atoms with van der Waals surface area (Å²) < 4.78 is 4.64. The molecule has 0 saturated heterocycles. The first-order chi connectivity index (χ1) is 6.11. The topological polar surface area (TPSA) is 65.4 Å². The molecule has 0 radical (unpaired) electrons. The Morgan fingerprint density at radius 1 is 1.69 bits per heavy atom. The number of nitriles is 1. The van der Waals surface area contributed by atoms with Crippen LogP contribution in [0.2, 0.25) is 0 Å². The lowest BCUT2D eigenvalue weighted by Crippen LogP contribution is -2.26. The summed E-state index contributed by atoms with van der Waals surface area (Å²) >= 11 is 0. The summed E-state index contributed by atoms with van der Waals surface area (Å²) in [6.45, 7) is 1.95. The molecular formula is C8H13N3O2. The molecule has 0 aromatic carbocycles. The molecule has 0 unspecified atom stereocenters. The Labute approximate surface area is 77.6 Å². The number of hydrogen-bond donors (Lipinski definition) is 1. The van der Waals surface area contributed by atoms with Crippen LogP contribution in [0.25, 0.3) is 0 Å². The van der Waals surface area contributed by atoms with Gasteiger partial charge in [0, 0.05) is 20.3 Å². The number of rotatable bonds is 4. The lowest BCUT2D eigenvalue weighted by atomic mass is 10.3. The zero-order valence-electron chi connectivity index (χ0n) is 8.00. The van der Waals surface area contributed by atoms with Gasteiger partial charge in [0.1, 0.15) is 6.07 Å². The van der Waals surface area contributed by atoms with Crippen molar-refractivity contribution in [2.45, 2.75) is 6.92 Å². The first-order valence-corrected chi connectivity index (χ1v) is 3.82. The monoisotopic (exact) mass is 183 g/mol. The molecule has 0 atom stereocenters. The van der Waals surface area contributed by atoms with Crippen LogP contribution in [0.5, 0.6) is 0 Å². The summed E-state index contributed by atoms with van der Waals surface area (Å²) in [5, 5.41) is 10.2. The van der Waals surface area contributed by atoms with Gasteiger partial charge in [-0.05, 0) is 6.92 Å². The van der Waals surface area contributed by atoms with E-state index >= 15 is 0 Å². The van der Waals surface area contributed by atoms with E-state index in [0.29, 0.717) is 0 Å². The summed E-state index contributed by atoms with van der Waals surface area (Å²) in [4.78, 5) is 11.0. The molecule has 13 heavy (non-hydrogen) atoms. The third-order valence-electron chi connectivity index (χ3n) is 1.08. The number of hydrogen-bond acceptors (Lipinski definition) is 5. The summed E-state index contributed by atoms with van der Waals surface area (Å²) in [6, 6.07) is 1.74. The summed E-state index contributed by atoms with van der Waals surface area (Å²) in [5.74, 6) is -0.612. The van der Waals surface area contributed by atoms with Crippen LogP contribution in [-0.4, -0.2) is 31.7 Å². The quantitative estimate of drug-likeness (QED) is 0.288. The molecule has 0 aromatic rings. The smallest absolute Gasteiger partial charge is 0.350 e. The van der Waals surface area contributed by atoms with Gasteiger partial charge in [-0.15, -0.1) is 0 Å². The lowest BCUT2D eigenvalue weighted by Gasteiger charge is -2.08. The number of carbonyl (C=O) groups is 1. The number of esters is 1. The SMILES string of the molecule is CCOC(=O)/C(C#N)=C/NN(C)C. The van der Waals surface area contributed by atoms with Crippen LogP contribution < -0.4 is 5.43 Å². The number of nitrogens with zero attached hydrogens (tertiary/aromatic N) is 2. The molecule has 0 saturated carbocycles. The van der Waals surface area contributed by atoms with Crippen LogP contribution in [0.15, 0.2) is 11.8 Å². The molecule has 0 spiro atoms. The van der Waals surface area contributed by atoms with Crippen molar-refractivity contribution in [1.82, 2.24) is 10.4 Å². The Morgan fingerprint density at radius 3 is 2.69 bits per heavy atom. The van der Waals surface area contributed by atoms with Crippen LogP contribution in [-0.2, 0) is 9.53 Å². The molecule has 1 N–H and O–H groups in total. The van der Waals surface area contributed by atoms with E-state index in [-0.39, 0.29) is 12.2 Å². The number of hydrazine groups is 1. The fraction of sp³-hybridized carbons (Fsp3) is 0.500.